The molecule has 0 radical (unpaired) electrons. The molecule has 1 amide bonds. The zero-order valence-electron chi connectivity index (χ0n) is 13.6. The second-order valence-corrected chi connectivity index (χ2v) is 6.82. The quantitative estimate of drug-likeness (QED) is 0.748. The minimum atomic E-state index is -0.171. The van der Waals surface area contributed by atoms with Crippen LogP contribution in [0.4, 0.5) is 0 Å². The molecule has 3 aromatic rings. The molecule has 2 heterocycles. The predicted molar refractivity (Wildman–Crippen MR) is 92.7 cm³/mol. The molecule has 0 aliphatic rings. The first-order valence-corrected chi connectivity index (χ1v) is 8.65. The molecule has 3 rings (SSSR count). The minimum Gasteiger partial charge on any atom is -0.343 e. The van der Waals surface area contributed by atoms with Crippen LogP contribution >= 0.6 is 11.3 Å². The summed E-state index contributed by atoms with van der Waals surface area (Å²) >= 11 is 1.62. The van der Waals surface area contributed by atoms with Crippen molar-refractivity contribution in [1.29, 1.82) is 0 Å². The summed E-state index contributed by atoms with van der Waals surface area (Å²) in [4.78, 5) is 13.4. The van der Waals surface area contributed by atoms with Gasteiger partial charge in [0.2, 0.25) is 5.91 Å². The number of benzene rings is 1. The van der Waals surface area contributed by atoms with Crippen LogP contribution in [-0.4, -0.2) is 26.1 Å². The van der Waals surface area contributed by atoms with E-state index in [1.54, 1.807) is 11.3 Å². The predicted octanol–water partition coefficient (Wildman–Crippen LogP) is 2.76. The number of tetrazole rings is 1. The summed E-state index contributed by atoms with van der Waals surface area (Å²) in [5.41, 5.74) is 2.34. The lowest BCUT2D eigenvalue weighted by molar-refractivity contribution is -0.122. The molecule has 2 aromatic heterocycles. The van der Waals surface area contributed by atoms with Crippen LogP contribution in [0.2, 0.25) is 0 Å². The second-order valence-electron chi connectivity index (χ2n) is 5.84. The van der Waals surface area contributed by atoms with Crippen LogP contribution in [0.15, 0.2) is 48.1 Å². The monoisotopic (exact) mass is 341 g/mol. The molecule has 6 nitrogen and oxygen atoms in total. The van der Waals surface area contributed by atoms with Gasteiger partial charge >= 0.3 is 0 Å². The number of amides is 1. The highest BCUT2D eigenvalue weighted by Crippen LogP contribution is 2.27. The maximum absolute atomic E-state index is 12.3. The van der Waals surface area contributed by atoms with E-state index in [2.05, 4.69) is 59.0 Å². The highest BCUT2D eigenvalue weighted by atomic mass is 32.1. The Morgan fingerprint density at radius 3 is 2.54 bits per heavy atom. The summed E-state index contributed by atoms with van der Waals surface area (Å²) in [6.45, 7) is 4.43. The van der Waals surface area contributed by atoms with Crippen LogP contribution in [0.3, 0.4) is 0 Å². The van der Waals surface area contributed by atoms with E-state index in [9.17, 15) is 4.79 Å². The third-order valence-corrected chi connectivity index (χ3v) is 4.70. The molecule has 0 spiro atoms. The molecule has 0 saturated carbocycles. The number of aromatic nitrogens is 4. The Morgan fingerprint density at radius 2 is 1.96 bits per heavy atom. The molecule has 0 aliphatic heterocycles. The van der Waals surface area contributed by atoms with Crippen LogP contribution in [0, 0.1) is 0 Å². The van der Waals surface area contributed by atoms with E-state index in [1.165, 1.54) is 16.6 Å². The van der Waals surface area contributed by atoms with E-state index < -0.39 is 0 Å². The van der Waals surface area contributed by atoms with Gasteiger partial charge in [-0.3, -0.25) is 4.79 Å². The van der Waals surface area contributed by atoms with Crippen LogP contribution in [-0.2, 0) is 11.3 Å². The molecule has 124 valence electrons. The van der Waals surface area contributed by atoms with Gasteiger partial charge < -0.3 is 5.32 Å². The molecular formula is C17H19N5OS. The second kappa shape index (κ2) is 7.35. The van der Waals surface area contributed by atoms with Gasteiger partial charge in [0, 0.05) is 4.88 Å². The smallest absolute Gasteiger partial charge is 0.242 e. The lowest BCUT2D eigenvalue weighted by Crippen LogP contribution is -2.32. The van der Waals surface area contributed by atoms with Crippen LogP contribution in [0.5, 0.6) is 0 Å². The average molecular weight is 341 g/mol. The number of rotatable bonds is 6. The zero-order valence-corrected chi connectivity index (χ0v) is 14.4. The number of hydrogen-bond donors (Lipinski definition) is 1. The molecule has 24 heavy (non-hydrogen) atoms. The van der Waals surface area contributed by atoms with Crippen LogP contribution in [0.1, 0.15) is 41.8 Å². The third-order valence-electron chi connectivity index (χ3n) is 3.77. The molecular weight excluding hydrogens is 322 g/mol. The standard InChI is InChI=1S/C17H19N5OS/c1-12(2)13-5-7-14(8-6-13)17(15-4-3-9-24-15)19-16(23)10-22-11-18-20-21-22/h3-9,11-12,17H,10H2,1-2H3,(H,19,23)/t17-/m0/s1. The normalized spacial score (nSPS) is 12.3. The van der Waals surface area contributed by atoms with Gasteiger partial charge in [-0.05, 0) is 38.9 Å². The van der Waals surface area contributed by atoms with Crippen molar-refractivity contribution in [2.75, 3.05) is 0 Å². The zero-order chi connectivity index (χ0) is 16.9. The van der Waals surface area contributed by atoms with E-state index in [4.69, 9.17) is 0 Å². The fourth-order valence-electron chi connectivity index (χ4n) is 2.45. The topological polar surface area (TPSA) is 72.7 Å². The van der Waals surface area contributed by atoms with Gasteiger partial charge in [-0.2, -0.15) is 0 Å². The Morgan fingerprint density at radius 1 is 1.21 bits per heavy atom. The van der Waals surface area contributed by atoms with E-state index in [0.29, 0.717) is 5.92 Å². The minimum absolute atomic E-state index is 0.0962. The van der Waals surface area contributed by atoms with Gasteiger partial charge in [-0.25, -0.2) is 4.68 Å². The van der Waals surface area contributed by atoms with Gasteiger partial charge in [0.1, 0.15) is 12.9 Å². The average Bonchev–Trinajstić information content (AvgIpc) is 3.26. The largest absolute Gasteiger partial charge is 0.343 e. The van der Waals surface area contributed by atoms with Crippen LogP contribution < -0.4 is 5.32 Å². The Kier molecular flexibility index (Phi) is 5.00. The Labute approximate surface area is 144 Å². The first-order valence-electron chi connectivity index (χ1n) is 7.77. The summed E-state index contributed by atoms with van der Waals surface area (Å²) in [7, 11) is 0. The Bertz CT molecular complexity index is 766. The van der Waals surface area contributed by atoms with Crippen molar-refractivity contribution < 1.29 is 4.79 Å². The van der Waals surface area contributed by atoms with Crippen molar-refractivity contribution in [2.45, 2.75) is 32.4 Å². The number of carbonyl (C=O) groups excluding carboxylic acids is 1. The van der Waals surface area contributed by atoms with Crippen molar-refractivity contribution in [3.8, 4) is 0 Å². The third kappa shape index (κ3) is 3.86. The van der Waals surface area contributed by atoms with Crippen molar-refractivity contribution >= 4 is 17.2 Å². The number of thiophene rings is 1. The lowest BCUT2D eigenvalue weighted by atomic mass is 9.98. The van der Waals surface area contributed by atoms with Gasteiger partial charge in [0.25, 0.3) is 0 Å². The highest BCUT2D eigenvalue weighted by molar-refractivity contribution is 7.10. The first-order chi connectivity index (χ1) is 11.6. The molecule has 0 aliphatic carbocycles. The van der Waals surface area contributed by atoms with Crippen molar-refractivity contribution in [3.63, 3.8) is 0 Å². The van der Waals surface area contributed by atoms with Crippen molar-refractivity contribution in [2.24, 2.45) is 0 Å². The summed E-state index contributed by atoms with van der Waals surface area (Å²) in [6.07, 6.45) is 1.43. The van der Waals surface area contributed by atoms with Crippen molar-refractivity contribution in [1.82, 2.24) is 25.5 Å². The number of hydrogen-bond acceptors (Lipinski definition) is 5. The molecule has 0 fully saturated rings. The highest BCUT2D eigenvalue weighted by Gasteiger charge is 2.18. The molecule has 0 bridgehead atoms. The van der Waals surface area contributed by atoms with E-state index >= 15 is 0 Å². The van der Waals surface area contributed by atoms with E-state index in [0.717, 1.165) is 10.4 Å². The molecule has 7 heteroatoms. The van der Waals surface area contributed by atoms with E-state index in [-0.39, 0.29) is 18.5 Å². The lowest BCUT2D eigenvalue weighted by Gasteiger charge is -2.19. The van der Waals surface area contributed by atoms with Gasteiger partial charge in [0.05, 0.1) is 6.04 Å². The maximum atomic E-state index is 12.3. The number of nitrogens with zero attached hydrogens (tertiary/aromatic N) is 4. The molecule has 0 unspecified atom stereocenters. The summed E-state index contributed by atoms with van der Waals surface area (Å²) in [5, 5.41) is 15.9. The Balaban J connectivity index is 1.80. The van der Waals surface area contributed by atoms with Gasteiger partial charge in [-0.15, -0.1) is 16.4 Å². The fraction of sp³-hybridized carbons (Fsp3) is 0.294. The number of carbonyl (C=O) groups is 1. The fourth-order valence-corrected chi connectivity index (χ4v) is 3.26. The first kappa shape index (κ1) is 16.3. The molecule has 1 N–H and O–H groups in total. The van der Waals surface area contributed by atoms with Gasteiger partial charge in [0.15, 0.2) is 0 Å². The molecule has 1 atom stereocenters. The molecule has 1 aromatic carbocycles. The van der Waals surface area contributed by atoms with E-state index in [1.807, 2.05) is 17.5 Å². The summed E-state index contributed by atoms with van der Waals surface area (Å²) in [5.74, 6) is 0.349. The summed E-state index contributed by atoms with van der Waals surface area (Å²) in [6, 6.07) is 12.2. The number of nitrogens with one attached hydrogen (secondary N) is 1. The van der Waals surface area contributed by atoms with Crippen LogP contribution in [0.25, 0.3) is 0 Å². The SMILES string of the molecule is CC(C)c1ccc([C@H](NC(=O)Cn2cnnn2)c2cccs2)cc1. The molecule has 0 saturated heterocycles. The van der Waals surface area contributed by atoms with Crippen molar-refractivity contribution in [3.05, 3.63) is 64.1 Å². The maximum Gasteiger partial charge on any atom is 0.242 e. The summed E-state index contributed by atoms with van der Waals surface area (Å²) < 4.78 is 1.41. The Hall–Kier alpha value is -2.54. The van der Waals surface area contributed by atoms with Gasteiger partial charge in [-0.1, -0.05) is 44.2 Å².